The van der Waals surface area contributed by atoms with Crippen LogP contribution in [0.4, 0.5) is 10.5 Å². The minimum Gasteiger partial charge on any atom is -0.497 e. The molecule has 2 aromatic rings. The number of aromatic nitrogens is 2. The maximum absolute atomic E-state index is 13.0. The molecule has 33 heavy (non-hydrogen) atoms. The number of urea groups is 1. The number of carbonyl (C=O) groups excluding carboxylic acids is 4. The van der Waals surface area contributed by atoms with E-state index in [9.17, 15) is 19.2 Å². The lowest BCUT2D eigenvalue weighted by atomic mass is 10.1. The van der Waals surface area contributed by atoms with Crippen molar-refractivity contribution in [1.29, 1.82) is 0 Å². The van der Waals surface area contributed by atoms with E-state index in [1.54, 1.807) is 24.3 Å². The van der Waals surface area contributed by atoms with E-state index in [4.69, 9.17) is 10.5 Å². The molecule has 1 aliphatic heterocycles. The van der Waals surface area contributed by atoms with E-state index >= 15 is 0 Å². The predicted octanol–water partition coefficient (Wildman–Crippen LogP) is -0.166. The second-order valence-electron chi connectivity index (χ2n) is 7.49. The number of benzene rings is 1. The third-order valence-corrected chi connectivity index (χ3v) is 5.06. The molecule has 174 valence electrons. The molecular weight excluding hydrogens is 430 g/mol. The minimum atomic E-state index is -0.911. The summed E-state index contributed by atoms with van der Waals surface area (Å²) in [5, 5.41) is 5.48. The molecule has 3 rings (SSSR count). The first kappa shape index (κ1) is 23.4. The smallest absolute Gasteiger partial charge is 0.319 e. The van der Waals surface area contributed by atoms with Crippen LogP contribution >= 0.6 is 0 Å². The Kier molecular flexibility index (Phi) is 7.38. The van der Waals surface area contributed by atoms with Gasteiger partial charge in [0.25, 0.3) is 5.91 Å². The van der Waals surface area contributed by atoms with Crippen molar-refractivity contribution in [3.8, 4) is 5.75 Å². The molecule has 0 aliphatic carbocycles. The molecule has 5 amide bonds. The predicted molar refractivity (Wildman–Crippen MR) is 117 cm³/mol. The van der Waals surface area contributed by atoms with Gasteiger partial charge in [0.1, 0.15) is 17.5 Å². The van der Waals surface area contributed by atoms with Gasteiger partial charge < -0.3 is 30.9 Å². The van der Waals surface area contributed by atoms with Crippen LogP contribution in [0.25, 0.3) is 0 Å². The van der Waals surface area contributed by atoms with Crippen molar-refractivity contribution in [1.82, 2.24) is 25.1 Å². The Labute approximate surface area is 190 Å². The molecular formula is C21H25N7O5. The number of methoxy groups -OCH3 is 1. The lowest BCUT2D eigenvalue weighted by molar-refractivity contribution is -0.137. The van der Waals surface area contributed by atoms with Gasteiger partial charge in [0.2, 0.25) is 11.8 Å². The van der Waals surface area contributed by atoms with E-state index in [1.165, 1.54) is 37.6 Å². The van der Waals surface area contributed by atoms with E-state index < -0.39 is 35.8 Å². The normalized spacial score (nSPS) is 17.2. The van der Waals surface area contributed by atoms with Crippen molar-refractivity contribution in [3.63, 3.8) is 0 Å². The molecule has 1 aliphatic rings. The zero-order valence-corrected chi connectivity index (χ0v) is 18.2. The van der Waals surface area contributed by atoms with E-state index in [0.717, 1.165) is 4.90 Å². The van der Waals surface area contributed by atoms with Gasteiger partial charge in [0, 0.05) is 37.7 Å². The first-order chi connectivity index (χ1) is 15.8. The molecule has 12 nitrogen and oxygen atoms in total. The highest BCUT2D eigenvalue weighted by molar-refractivity contribution is 5.97. The number of carbonyl (C=O) groups is 4. The summed E-state index contributed by atoms with van der Waals surface area (Å²) in [7, 11) is 2.95. The number of primary amides is 1. The first-order valence-electron chi connectivity index (χ1n) is 10.1. The number of likely N-dealkylation sites (tertiary alicyclic amines) is 1. The molecule has 0 unspecified atom stereocenters. The zero-order chi connectivity index (χ0) is 24.0. The number of rotatable bonds is 7. The third kappa shape index (κ3) is 5.93. The Morgan fingerprint density at radius 3 is 2.73 bits per heavy atom. The topological polar surface area (TPSA) is 160 Å². The summed E-state index contributed by atoms with van der Waals surface area (Å²) in [6.07, 6.45) is 4.25. The molecule has 1 aromatic heterocycles. The molecule has 1 saturated heterocycles. The minimum absolute atomic E-state index is 0.0642. The van der Waals surface area contributed by atoms with Crippen molar-refractivity contribution >= 4 is 29.4 Å². The molecule has 0 bridgehead atoms. The van der Waals surface area contributed by atoms with Crippen LogP contribution in [0, 0.1) is 0 Å². The number of ether oxygens (including phenoxy) is 1. The van der Waals surface area contributed by atoms with Crippen LogP contribution < -0.4 is 21.1 Å². The van der Waals surface area contributed by atoms with Crippen molar-refractivity contribution in [2.45, 2.75) is 18.5 Å². The van der Waals surface area contributed by atoms with E-state index in [1.807, 2.05) is 0 Å². The number of nitrogens with two attached hydrogens (primary N) is 1. The highest BCUT2D eigenvalue weighted by Crippen LogP contribution is 2.22. The van der Waals surface area contributed by atoms with Crippen LogP contribution in [0.3, 0.4) is 0 Å². The van der Waals surface area contributed by atoms with Crippen LogP contribution in [-0.2, 0) is 9.59 Å². The van der Waals surface area contributed by atoms with Crippen molar-refractivity contribution < 1.29 is 23.9 Å². The number of nitrogens with one attached hydrogen (secondary N) is 2. The standard InChI is InChI=1S/C21H25N7O5/c1-27(12-18(22)29)20(31)17-9-14(11-28(17)19(30)16-10-23-6-7-24-16)26-21(32)25-13-4-3-5-15(8-13)33-2/h3-8,10,14,17H,9,11-12H2,1-2H3,(H2,22,29)(H2,25,26,32)/t14-,17+/m0/s1. The SMILES string of the molecule is COc1cccc(NC(=O)N[C@H]2C[C@H](C(=O)N(C)CC(N)=O)N(C(=O)c3cnccn3)C2)c1. The molecule has 0 saturated carbocycles. The summed E-state index contributed by atoms with van der Waals surface area (Å²) in [4.78, 5) is 60.1. The highest BCUT2D eigenvalue weighted by atomic mass is 16.5. The maximum atomic E-state index is 13.0. The fraction of sp³-hybridized carbons (Fsp3) is 0.333. The fourth-order valence-corrected chi connectivity index (χ4v) is 3.58. The van der Waals surface area contributed by atoms with Gasteiger partial charge in [-0.2, -0.15) is 0 Å². The molecule has 1 fully saturated rings. The lowest BCUT2D eigenvalue weighted by Crippen LogP contribution is -2.48. The fourth-order valence-electron chi connectivity index (χ4n) is 3.58. The Bertz CT molecular complexity index is 1030. The number of amides is 5. The molecule has 12 heteroatoms. The zero-order valence-electron chi connectivity index (χ0n) is 18.2. The molecule has 2 atom stereocenters. The van der Waals surface area contributed by atoms with Crippen molar-refractivity contribution in [2.24, 2.45) is 5.73 Å². The Hall–Kier alpha value is -4.22. The van der Waals surface area contributed by atoms with E-state index in [-0.39, 0.29) is 25.2 Å². The van der Waals surface area contributed by atoms with Gasteiger partial charge in [-0.25, -0.2) is 9.78 Å². The monoisotopic (exact) mass is 455 g/mol. The van der Waals surface area contributed by atoms with Crippen molar-refractivity contribution in [2.75, 3.05) is 32.6 Å². The van der Waals surface area contributed by atoms with E-state index in [0.29, 0.717) is 11.4 Å². The van der Waals surface area contributed by atoms with Gasteiger partial charge in [-0.3, -0.25) is 19.4 Å². The van der Waals surface area contributed by atoms with Crippen molar-refractivity contribution in [3.05, 3.63) is 48.5 Å². The van der Waals surface area contributed by atoms with Crippen LogP contribution in [0.15, 0.2) is 42.9 Å². The Morgan fingerprint density at radius 2 is 2.06 bits per heavy atom. The average molecular weight is 455 g/mol. The summed E-state index contributed by atoms with van der Waals surface area (Å²) in [5.74, 6) is -1.07. The summed E-state index contributed by atoms with van der Waals surface area (Å²) >= 11 is 0. The number of nitrogens with zero attached hydrogens (tertiary/aromatic N) is 4. The number of likely N-dealkylation sites (N-methyl/N-ethyl adjacent to an activating group) is 1. The molecule has 0 radical (unpaired) electrons. The molecule has 0 spiro atoms. The average Bonchev–Trinajstić information content (AvgIpc) is 3.21. The lowest BCUT2D eigenvalue weighted by Gasteiger charge is -2.26. The van der Waals surface area contributed by atoms with Crippen LogP contribution in [-0.4, -0.2) is 82.9 Å². The number of anilines is 1. The quantitative estimate of drug-likeness (QED) is 0.523. The Morgan fingerprint density at radius 1 is 1.27 bits per heavy atom. The van der Waals surface area contributed by atoms with Gasteiger partial charge in [-0.05, 0) is 18.6 Å². The Balaban J connectivity index is 1.74. The van der Waals surface area contributed by atoms with Crippen LogP contribution in [0.2, 0.25) is 0 Å². The largest absolute Gasteiger partial charge is 0.497 e. The highest BCUT2D eigenvalue weighted by Gasteiger charge is 2.42. The molecule has 2 heterocycles. The number of hydrogen-bond donors (Lipinski definition) is 3. The second kappa shape index (κ2) is 10.4. The van der Waals surface area contributed by atoms with Gasteiger partial charge >= 0.3 is 6.03 Å². The summed E-state index contributed by atoms with van der Waals surface area (Å²) in [5.41, 5.74) is 5.78. The van der Waals surface area contributed by atoms with Gasteiger partial charge in [-0.1, -0.05) is 6.07 Å². The second-order valence-corrected chi connectivity index (χ2v) is 7.49. The molecule has 1 aromatic carbocycles. The van der Waals surface area contributed by atoms with Gasteiger partial charge in [0.15, 0.2) is 0 Å². The van der Waals surface area contributed by atoms with Gasteiger partial charge in [-0.15, -0.1) is 0 Å². The summed E-state index contributed by atoms with van der Waals surface area (Å²) in [6.45, 7) is -0.224. The van der Waals surface area contributed by atoms with E-state index in [2.05, 4.69) is 20.6 Å². The first-order valence-corrected chi connectivity index (χ1v) is 10.1. The number of hydrogen-bond acceptors (Lipinski definition) is 7. The molecule has 4 N–H and O–H groups in total. The maximum Gasteiger partial charge on any atom is 0.319 e. The summed E-state index contributed by atoms with van der Waals surface area (Å²) < 4.78 is 5.14. The third-order valence-electron chi connectivity index (χ3n) is 5.06. The summed E-state index contributed by atoms with van der Waals surface area (Å²) in [6, 6.07) is 4.90. The van der Waals surface area contributed by atoms with Crippen LogP contribution in [0.1, 0.15) is 16.9 Å². The van der Waals surface area contributed by atoms with Crippen LogP contribution in [0.5, 0.6) is 5.75 Å². The van der Waals surface area contributed by atoms with Gasteiger partial charge in [0.05, 0.1) is 25.9 Å².